The van der Waals surface area contributed by atoms with Gasteiger partial charge in [0.2, 0.25) is 0 Å². The van der Waals surface area contributed by atoms with Crippen LogP contribution in [-0.2, 0) is 28.5 Å². The smallest absolute Gasteiger partial charge is 0.491 e. The Morgan fingerprint density at radius 3 is 2.42 bits per heavy atom. The third kappa shape index (κ3) is 5.51. The molecule has 2 rings (SSSR count). The van der Waals surface area contributed by atoms with Gasteiger partial charge in [-0.25, -0.2) is 4.79 Å². The monoisotopic (exact) mass is 364 g/mol. The molecule has 0 amide bonds. The molecule has 0 bridgehead atoms. The molecule has 0 saturated heterocycles. The Morgan fingerprint density at radius 2 is 1.77 bits per heavy atom. The third-order valence-electron chi connectivity index (χ3n) is 3.47. The molecular formula is C18H20O8. The maximum Gasteiger partial charge on any atom is 0.513 e. The number of carbonyl (C=O) groups excluding carboxylic acids is 3. The highest BCUT2D eigenvalue weighted by Gasteiger charge is 2.38. The van der Waals surface area contributed by atoms with E-state index in [1.807, 2.05) is 6.07 Å². The SMILES string of the molecule is CC(=O)OC1C=COC(COC(=O)Oc2ccccc2C)C1OC(C)=O. The second kappa shape index (κ2) is 8.89. The van der Waals surface area contributed by atoms with Gasteiger partial charge in [0.25, 0.3) is 0 Å². The molecule has 3 atom stereocenters. The molecule has 140 valence electrons. The molecular weight excluding hydrogens is 344 g/mol. The zero-order valence-electron chi connectivity index (χ0n) is 14.7. The molecule has 8 nitrogen and oxygen atoms in total. The van der Waals surface area contributed by atoms with Crippen LogP contribution in [0.3, 0.4) is 0 Å². The molecule has 0 aromatic heterocycles. The quantitative estimate of drug-likeness (QED) is 0.446. The normalized spacial score (nSPS) is 21.3. The van der Waals surface area contributed by atoms with Crippen molar-refractivity contribution in [3.63, 3.8) is 0 Å². The number of benzene rings is 1. The summed E-state index contributed by atoms with van der Waals surface area (Å²) in [6, 6.07) is 6.96. The minimum Gasteiger partial charge on any atom is -0.491 e. The number of ether oxygens (including phenoxy) is 5. The number of hydrogen-bond donors (Lipinski definition) is 0. The lowest BCUT2D eigenvalue weighted by Crippen LogP contribution is -2.47. The Morgan fingerprint density at radius 1 is 1.08 bits per heavy atom. The number of rotatable bonds is 5. The highest BCUT2D eigenvalue weighted by molar-refractivity contribution is 5.68. The van der Waals surface area contributed by atoms with Crippen LogP contribution in [-0.4, -0.2) is 43.0 Å². The van der Waals surface area contributed by atoms with E-state index in [1.165, 1.54) is 26.2 Å². The molecule has 0 spiro atoms. The van der Waals surface area contributed by atoms with Crippen molar-refractivity contribution in [1.29, 1.82) is 0 Å². The van der Waals surface area contributed by atoms with Crippen molar-refractivity contribution in [1.82, 2.24) is 0 Å². The Labute approximate surface area is 150 Å². The topological polar surface area (TPSA) is 97.4 Å². The van der Waals surface area contributed by atoms with E-state index < -0.39 is 36.4 Å². The second-order valence-corrected chi connectivity index (χ2v) is 5.58. The van der Waals surface area contributed by atoms with Gasteiger partial charge in [0.1, 0.15) is 12.4 Å². The summed E-state index contributed by atoms with van der Waals surface area (Å²) in [5.74, 6) is -0.757. The van der Waals surface area contributed by atoms with Crippen LogP contribution in [0.5, 0.6) is 5.75 Å². The van der Waals surface area contributed by atoms with Crippen molar-refractivity contribution in [2.45, 2.75) is 39.1 Å². The van der Waals surface area contributed by atoms with Crippen LogP contribution in [0.15, 0.2) is 36.6 Å². The zero-order chi connectivity index (χ0) is 19.1. The molecule has 1 aliphatic heterocycles. The van der Waals surface area contributed by atoms with Gasteiger partial charge in [0, 0.05) is 13.8 Å². The van der Waals surface area contributed by atoms with Crippen LogP contribution in [0.2, 0.25) is 0 Å². The molecule has 1 aliphatic rings. The highest BCUT2D eigenvalue weighted by Crippen LogP contribution is 2.21. The fourth-order valence-electron chi connectivity index (χ4n) is 2.33. The molecule has 0 radical (unpaired) electrons. The molecule has 0 N–H and O–H groups in total. The highest BCUT2D eigenvalue weighted by atomic mass is 16.7. The van der Waals surface area contributed by atoms with Crippen LogP contribution in [0.4, 0.5) is 4.79 Å². The van der Waals surface area contributed by atoms with Crippen molar-refractivity contribution in [3.05, 3.63) is 42.2 Å². The Bertz CT molecular complexity index is 696. The van der Waals surface area contributed by atoms with Gasteiger partial charge in [0.15, 0.2) is 18.3 Å². The van der Waals surface area contributed by atoms with Gasteiger partial charge in [-0.2, -0.15) is 0 Å². The van der Waals surface area contributed by atoms with E-state index in [-0.39, 0.29) is 6.61 Å². The summed E-state index contributed by atoms with van der Waals surface area (Å²) in [5.41, 5.74) is 0.772. The molecule has 0 aliphatic carbocycles. The van der Waals surface area contributed by atoms with Gasteiger partial charge in [-0.1, -0.05) is 18.2 Å². The van der Waals surface area contributed by atoms with Crippen LogP contribution >= 0.6 is 0 Å². The molecule has 0 saturated carbocycles. The molecule has 1 aromatic rings. The first-order valence-electron chi connectivity index (χ1n) is 7.93. The summed E-state index contributed by atoms with van der Waals surface area (Å²) in [6.45, 7) is 3.98. The first-order chi connectivity index (χ1) is 12.4. The van der Waals surface area contributed by atoms with Crippen molar-refractivity contribution in [3.8, 4) is 5.75 Å². The summed E-state index contributed by atoms with van der Waals surface area (Å²) in [7, 11) is 0. The van der Waals surface area contributed by atoms with Gasteiger partial charge in [-0.3, -0.25) is 9.59 Å². The standard InChI is InChI=1S/C18H20O8/c1-11-6-4-5-7-14(11)26-18(21)23-10-16-17(25-13(3)20)15(8-9-22-16)24-12(2)19/h4-9,15-17H,10H2,1-3H3. The number of hydrogen-bond acceptors (Lipinski definition) is 8. The van der Waals surface area contributed by atoms with Crippen LogP contribution in [0, 0.1) is 6.92 Å². The van der Waals surface area contributed by atoms with Crippen LogP contribution in [0.1, 0.15) is 19.4 Å². The number of para-hydroxylation sites is 1. The molecule has 1 aromatic carbocycles. The Balaban J connectivity index is 1.98. The summed E-state index contributed by atoms with van der Waals surface area (Å²) in [4.78, 5) is 34.4. The van der Waals surface area contributed by atoms with E-state index in [4.69, 9.17) is 23.7 Å². The fraction of sp³-hybridized carbons (Fsp3) is 0.389. The maximum atomic E-state index is 11.9. The van der Waals surface area contributed by atoms with E-state index in [0.29, 0.717) is 5.75 Å². The van der Waals surface area contributed by atoms with E-state index in [2.05, 4.69) is 0 Å². The average Bonchev–Trinajstić information content (AvgIpc) is 2.56. The van der Waals surface area contributed by atoms with E-state index >= 15 is 0 Å². The third-order valence-corrected chi connectivity index (χ3v) is 3.47. The first kappa shape index (κ1) is 19.3. The fourth-order valence-corrected chi connectivity index (χ4v) is 2.33. The number of carbonyl (C=O) groups is 3. The lowest BCUT2D eigenvalue weighted by Gasteiger charge is -2.32. The summed E-state index contributed by atoms with van der Waals surface area (Å²) in [6.07, 6.45) is -0.828. The van der Waals surface area contributed by atoms with Gasteiger partial charge in [-0.05, 0) is 24.6 Å². The maximum absolute atomic E-state index is 11.9. The second-order valence-electron chi connectivity index (χ2n) is 5.58. The minimum absolute atomic E-state index is 0.259. The zero-order valence-corrected chi connectivity index (χ0v) is 14.7. The van der Waals surface area contributed by atoms with Gasteiger partial charge in [0.05, 0.1) is 6.26 Å². The predicted octanol–water partition coefficient (Wildman–Crippen LogP) is 2.29. The van der Waals surface area contributed by atoms with Crippen molar-refractivity contribution in [2.75, 3.05) is 6.61 Å². The molecule has 8 heteroatoms. The predicted molar refractivity (Wildman–Crippen MR) is 88.3 cm³/mol. The Kier molecular flexibility index (Phi) is 6.60. The largest absolute Gasteiger partial charge is 0.513 e. The van der Waals surface area contributed by atoms with Crippen molar-refractivity contribution < 1.29 is 38.1 Å². The first-order valence-corrected chi connectivity index (χ1v) is 7.93. The Hall–Kier alpha value is -3.03. The van der Waals surface area contributed by atoms with E-state index in [9.17, 15) is 14.4 Å². The summed E-state index contributed by atoms with van der Waals surface area (Å²) in [5, 5.41) is 0. The summed E-state index contributed by atoms with van der Waals surface area (Å²) >= 11 is 0. The molecule has 1 heterocycles. The summed E-state index contributed by atoms with van der Waals surface area (Å²) < 4.78 is 25.8. The lowest BCUT2D eigenvalue weighted by molar-refractivity contribution is -0.176. The van der Waals surface area contributed by atoms with Crippen molar-refractivity contribution in [2.24, 2.45) is 0 Å². The van der Waals surface area contributed by atoms with Gasteiger partial charge >= 0.3 is 18.1 Å². The molecule has 0 fully saturated rings. The van der Waals surface area contributed by atoms with Gasteiger partial charge in [-0.15, -0.1) is 0 Å². The van der Waals surface area contributed by atoms with Gasteiger partial charge < -0.3 is 23.7 Å². The molecule has 26 heavy (non-hydrogen) atoms. The van der Waals surface area contributed by atoms with Crippen LogP contribution < -0.4 is 4.74 Å². The van der Waals surface area contributed by atoms with E-state index in [0.717, 1.165) is 5.56 Å². The lowest BCUT2D eigenvalue weighted by atomic mass is 10.1. The minimum atomic E-state index is -0.951. The van der Waals surface area contributed by atoms with Crippen molar-refractivity contribution >= 4 is 18.1 Å². The number of aryl methyl sites for hydroxylation is 1. The van der Waals surface area contributed by atoms with E-state index in [1.54, 1.807) is 25.1 Å². The number of esters is 2. The van der Waals surface area contributed by atoms with Crippen LogP contribution in [0.25, 0.3) is 0 Å². The molecule has 3 unspecified atom stereocenters. The average molecular weight is 364 g/mol.